The average Bonchev–Trinajstić information content (AvgIpc) is 3.01. The number of ether oxygens (including phenoxy) is 1. The molecule has 88 valence electrons. The highest BCUT2D eigenvalue weighted by molar-refractivity contribution is 7.98. The summed E-state index contributed by atoms with van der Waals surface area (Å²) >= 11 is 1.36. The van der Waals surface area contributed by atoms with Crippen molar-refractivity contribution in [2.45, 2.75) is 29.0 Å². The van der Waals surface area contributed by atoms with Crippen molar-refractivity contribution < 1.29 is 13.2 Å². The van der Waals surface area contributed by atoms with Crippen LogP contribution in [0, 0.1) is 0 Å². The molecule has 1 aliphatic carbocycles. The zero-order chi connectivity index (χ0) is 11.8. The normalized spacial score (nSPS) is 16.1. The fourth-order valence-electron chi connectivity index (χ4n) is 1.18. The van der Waals surface area contributed by atoms with Gasteiger partial charge in [-0.05, 0) is 31.2 Å². The largest absolute Gasteiger partial charge is 0.487 e. The standard InChI is InChI=1S/C9H12N2O3S2/c1-15-8-5-4-7(14-6-2-3-6)9(11-8)16(10,12)13/h4-6H,2-3H2,1H3,(H2,10,12,13). The molecule has 0 saturated heterocycles. The van der Waals surface area contributed by atoms with E-state index in [0.717, 1.165) is 12.8 Å². The molecular weight excluding hydrogens is 248 g/mol. The molecule has 0 amide bonds. The summed E-state index contributed by atoms with van der Waals surface area (Å²) in [5.41, 5.74) is 0. The molecular formula is C9H12N2O3S2. The summed E-state index contributed by atoms with van der Waals surface area (Å²) in [5.74, 6) is 0.253. The van der Waals surface area contributed by atoms with E-state index in [-0.39, 0.29) is 16.9 Å². The molecule has 2 rings (SSSR count). The van der Waals surface area contributed by atoms with Crippen LogP contribution in [0.25, 0.3) is 0 Å². The van der Waals surface area contributed by atoms with Gasteiger partial charge in [-0.2, -0.15) is 0 Å². The third-order valence-corrected chi connectivity index (χ3v) is 3.57. The molecule has 1 saturated carbocycles. The lowest BCUT2D eigenvalue weighted by Gasteiger charge is -2.09. The fraction of sp³-hybridized carbons (Fsp3) is 0.444. The number of nitrogens with two attached hydrogens (primary N) is 1. The Hall–Kier alpha value is -0.790. The lowest BCUT2D eigenvalue weighted by Crippen LogP contribution is -2.16. The van der Waals surface area contributed by atoms with Crippen molar-refractivity contribution in [1.29, 1.82) is 0 Å². The third kappa shape index (κ3) is 2.66. The van der Waals surface area contributed by atoms with E-state index in [4.69, 9.17) is 9.88 Å². The van der Waals surface area contributed by atoms with Crippen LogP contribution in [0.15, 0.2) is 22.2 Å². The van der Waals surface area contributed by atoms with Gasteiger partial charge in [-0.25, -0.2) is 18.5 Å². The fourth-order valence-corrected chi connectivity index (χ4v) is 2.25. The molecule has 0 unspecified atom stereocenters. The molecule has 0 aliphatic heterocycles. The van der Waals surface area contributed by atoms with Gasteiger partial charge in [0.25, 0.3) is 10.0 Å². The molecule has 0 spiro atoms. The number of sulfonamides is 1. The highest BCUT2D eigenvalue weighted by Crippen LogP contribution is 2.31. The predicted octanol–water partition coefficient (Wildman–Crippen LogP) is 0.992. The molecule has 2 N–H and O–H groups in total. The second kappa shape index (κ2) is 4.23. The van der Waals surface area contributed by atoms with Gasteiger partial charge in [0, 0.05) is 0 Å². The number of aromatic nitrogens is 1. The molecule has 1 aromatic rings. The molecule has 0 radical (unpaired) electrons. The van der Waals surface area contributed by atoms with Crippen LogP contribution in [0.4, 0.5) is 0 Å². The van der Waals surface area contributed by atoms with E-state index in [1.165, 1.54) is 11.8 Å². The molecule has 0 atom stereocenters. The third-order valence-electron chi connectivity index (χ3n) is 2.10. The van der Waals surface area contributed by atoms with Crippen LogP contribution in [-0.4, -0.2) is 25.8 Å². The van der Waals surface area contributed by atoms with Gasteiger partial charge >= 0.3 is 0 Å². The van der Waals surface area contributed by atoms with E-state index >= 15 is 0 Å². The Morgan fingerprint density at radius 2 is 2.19 bits per heavy atom. The van der Waals surface area contributed by atoms with Crippen LogP contribution in [0.1, 0.15) is 12.8 Å². The van der Waals surface area contributed by atoms with Crippen molar-refractivity contribution in [3.8, 4) is 5.75 Å². The van der Waals surface area contributed by atoms with Gasteiger partial charge in [0.05, 0.1) is 11.1 Å². The number of nitrogens with zero attached hydrogens (tertiary/aromatic N) is 1. The van der Waals surface area contributed by atoms with Crippen LogP contribution >= 0.6 is 11.8 Å². The first kappa shape index (κ1) is 11.7. The predicted molar refractivity (Wildman–Crippen MR) is 61.0 cm³/mol. The van der Waals surface area contributed by atoms with Crippen LogP contribution in [0.3, 0.4) is 0 Å². The lowest BCUT2D eigenvalue weighted by molar-refractivity contribution is 0.291. The molecule has 7 heteroatoms. The topological polar surface area (TPSA) is 82.3 Å². The SMILES string of the molecule is CSc1ccc(OC2CC2)c(S(N)(=O)=O)n1. The van der Waals surface area contributed by atoms with E-state index in [9.17, 15) is 8.42 Å². The summed E-state index contributed by atoms with van der Waals surface area (Å²) in [4.78, 5) is 3.97. The van der Waals surface area contributed by atoms with Gasteiger partial charge in [0.2, 0.25) is 5.03 Å². The van der Waals surface area contributed by atoms with Gasteiger partial charge in [-0.15, -0.1) is 11.8 Å². The molecule has 1 aromatic heterocycles. The van der Waals surface area contributed by atoms with Gasteiger partial charge in [0.15, 0.2) is 5.75 Å². The Balaban J connectivity index is 2.42. The van der Waals surface area contributed by atoms with E-state index in [0.29, 0.717) is 5.03 Å². The minimum atomic E-state index is -3.83. The Labute approximate surface area is 98.4 Å². The maximum absolute atomic E-state index is 11.3. The van der Waals surface area contributed by atoms with Crippen LogP contribution < -0.4 is 9.88 Å². The number of hydrogen-bond acceptors (Lipinski definition) is 5. The van der Waals surface area contributed by atoms with Crippen molar-refractivity contribution in [2.24, 2.45) is 5.14 Å². The summed E-state index contributed by atoms with van der Waals surface area (Å²) in [6, 6.07) is 3.33. The van der Waals surface area contributed by atoms with Crippen molar-refractivity contribution in [2.75, 3.05) is 6.26 Å². The van der Waals surface area contributed by atoms with Gasteiger partial charge in [0.1, 0.15) is 0 Å². The van der Waals surface area contributed by atoms with Crippen LogP contribution in [-0.2, 0) is 10.0 Å². The van der Waals surface area contributed by atoms with Crippen molar-refractivity contribution in [1.82, 2.24) is 4.98 Å². The van der Waals surface area contributed by atoms with Gasteiger partial charge < -0.3 is 4.74 Å². The molecule has 1 aliphatic rings. The van der Waals surface area contributed by atoms with Crippen molar-refractivity contribution in [3.05, 3.63) is 12.1 Å². The number of pyridine rings is 1. The second-order valence-electron chi connectivity index (χ2n) is 3.52. The van der Waals surface area contributed by atoms with E-state index in [1.807, 2.05) is 6.26 Å². The number of thioether (sulfide) groups is 1. The first-order valence-corrected chi connectivity index (χ1v) is 7.52. The van der Waals surface area contributed by atoms with E-state index in [2.05, 4.69) is 4.98 Å². The molecule has 0 bridgehead atoms. The first-order valence-electron chi connectivity index (χ1n) is 4.75. The first-order chi connectivity index (χ1) is 7.50. The monoisotopic (exact) mass is 260 g/mol. The molecule has 1 fully saturated rings. The highest BCUT2D eigenvalue weighted by atomic mass is 32.2. The number of primary sulfonamides is 1. The average molecular weight is 260 g/mol. The summed E-state index contributed by atoms with van der Waals surface area (Å²) in [7, 11) is -3.83. The summed E-state index contributed by atoms with van der Waals surface area (Å²) in [6.07, 6.45) is 3.83. The molecule has 5 nitrogen and oxygen atoms in total. The minimum Gasteiger partial charge on any atom is -0.487 e. The minimum absolute atomic E-state index is 0.113. The second-order valence-corrected chi connectivity index (χ2v) is 5.82. The van der Waals surface area contributed by atoms with Crippen molar-refractivity contribution in [3.63, 3.8) is 0 Å². The Kier molecular flexibility index (Phi) is 3.09. The number of rotatable bonds is 4. The quantitative estimate of drug-likeness (QED) is 0.816. The van der Waals surface area contributed by atoms with E-state index < -0.39 is 10.0 Å². The summed E-state index contributed by atoms with van der Waals surface area (Å²) < 4.78 is 28.2. The zero-order valence-corrected chi connectivity index (χ0v) is 10.3. The maximum Gasteiger partial charge on any atom is 0.259 e. The van der Waals surface area contributed by atoms with Gasteiger partial charge in [-0.1, -0.05) is 0 Å². The molecule has 0 aromatic carbocycles. The van der Waals surface area contributed by atoms with Crippen LogP contribution in [0.2, 0.25) is 0 Å². The van der Waals surface area contributed by atoms with Crippen LogP contribution in [0.5, 0.6) is 5.75 Å². The molecule has 16 heavy (non-hydrogen) atoms. The Bertz CT molecular complexity index is 497. The van der Waals surface area contributed by atoms with Gasteiger partial charge in [-0.3, -0.25) is 0 Å². The number of hydrogen-bond donors (Lipinski definition) is 1. The summed E-state index contributed by atoms with van der Waals surface area (Å²) in [5, 5.41) is 5.53. The zero-order valence-electron chi connectivity index (χ0n) is 8.71. The van der Waals surface area contributed by atoms with Crippen molar-refractivity contribution >= 4 is 21.8 Å². The Morgan fingerprint density at radius 1 is 1.50 bits per heavy atom. The molecule has 1 heterocycles. The Morgan fingerprint density at radius 3 is 2.69 bits per heavy atom. The smallest absolute Gasteiger partial charge is 0.259 e. The maximum atomic E-state index is 11.3. The highest BCUT2D eigenvalue weighted by Gasteiger charge is 2.27. The lowest BCUT2D eigenvalue weighted by atomic mass is 10.4. The summed E-state index contributed by atoms with van der Waals surface area (Å²) in [6.45, 7) is 0. The van der Waals surface area contributed by atoms with E-state index in [1.54, 1.807) is 12.1 Å².